The van der Waals surface area contributed by atoms with Crippen LogP contribution in [0.3, 0.4) is 0 Å². The number of ether oxygens (including phenoxy) is 1. The molecule has 1 aliphatic rings. The summed E-state index contributed by atoms with van der Waals surface area (Å²) in [5.41, 5.74) is 3.19. The summed E-state index contributed by atoms with van der Waals surface area (Å²) >= 11 is 3.50. The molecule has 0 saturated carbocycles. The fraction of sp³-hybridized carbons (Fsp3) is 0.222. The molecule has 4 nitrogen and oxygen atoms in total. The van der Waals surface area contributed by atoms with Crippen LogP contribution in [0.1, 0.15) is 16.7 Å². The molecule has 0 radical (unpaired) electrons. The Hall–Kier alpha value is -2.14. The molecule has 2 heterocycles. The zero-order chi connectivity index (χ0) is 16.2. The molecule has 1 amide bonds. The zero-order valence-electron chi connectivity index (χ0n) is 12.8. The van der Waals surface area contributed by atoms with E-state index in [1.165, 1.54) is 11.6 Å². The van der Waals surface area contributed by atoms with Gasteiger partial charge >= 0.3 is 0 Å². The SMILES string of the molecule is Cc1cc(Br)cc2c1OC(CNC(=O)/C=C/c1cccnc1)C2. The number of halogens is 1. The first-order valence-electron chi connectivity index (χ1n) is 7.43. The topological polar surface area (TPSA) is 51.2 Å². The maximum atomic E-state index is 11.9. The lowest BCUT2D eigenvalue weighted by atomic mass is 10.1. The van der Waals surface area contributed by atoms with Gasteiger partial charge in [-0.05, 0) is 47.9 Å². The second-order valence-corrected chi connectivity index (χ2v) is 6.44. The summed E-state index contributed by atoms with van der Waals surface area (Å²) < 4.78 is 6.99. The Labute approximate surface area is 143 Å². The fourth-order valence-corrected chi connectivity index (χ4v) is 3.23. The van der Waals surface area contributed by atoms with Crippen molar-refractivity contribution in [3.63, 3.8) is 0 Å². The van der Waals surface area contributed by atoms with E-state index in [-0.39, 0.29) is 12.0 Å². The van der Waals surface area contributed by atoms with Gasteiger partial charge in [-0.2, -0.15) is 0 Å². The molecule has 0 fully saturated rings. The van der Waals surface area contributed by atoms with Crippen molar-refractivity contribution in [1.29, 1.82) is 0 Å². The van der Waals surface area contributed by atoms with E-state index in [1.807, 2.05) is 25.1 Å². The minimum absolute atomic E-state index is 0.0197. The van der Waals surface area contributed by atoms with Crippen molar-refractivity contribution in [2.45, 2.75) is 19.4 Å². The maximum absolute atomic E-state index is 11.9. The van der Waals surface area contributed by atoms with Gasteiger partial charge < -0.3 is 10.1 Å². The standard InChI is InChI=1S/C18H17BrN2O2/c1-12-7-15(19)8-14-9-16(23-18(12)14)11-21-17(22)5-4-13-3-2-6-20-10-13/h2-8,10,16H,9,11H2,1H3,(H,21,22)/b5-4+. The summed E-state index contributed by atoms with van der Waals surface area (Å²) in [5, 5.41) is 2.88. The highest BCUT2D eigenvalue weighted by Gasteiger charge is 2.24. The summed E-state index contributed by atoms with van der Waals surface area (Å²) in [6.45, 7) is 2.52. The highest BCUT2D eigenvalue weighted by molar-refractivity contribution is 9.10. The Bertz CT molecular complexity index is 744. The first-order valence-corrected chi connectivity index (χ1v) is 8.23. The smallest absolute Gasteiger partial charge is 0.244 e. The number of pyridine rings is 1. The number of aromatic nitrogens is 1. The summed E-state index contributed by atoms with van der Waals surface area (Å²) in [6.07, 6.45) is 7.46. The summed E-state index contributed by atoms with van der Waals surface area (Å²) in [4.78, 5) is 15.9. The molecule has 0 aliphatic carbocycles. The van der Waals surface area contributed by atoms with Crippen LogP contribution in [0.5, 0.6) is 5.75 Å². The second-order valence-electron chi connectivity index (χ2n) is 5.52. The molecule has 1 atom stereocenters. The molecule has 0 saturated heterocycles. The molecule has 1 N–H and O–H groups in total. The highest BCUT2D eigenvalue weighted by atomic mass is 79.9. The monoisotopic (exact) mass is 372 g/mol. The van der Waals surface area contributed by atoms with E-state index in [9.17, 15) is 4.79 Å². The number of amides is 1. The van der Waals surface area contributed by atoms with Gasteiger partial charge in [0.15, 0.2) is 0 Å². The number of carbonyl (C=O) groups is 1. The van der Waals surface area contributed by atoms with Crippen LogP contribution >= 0.6 is 15.9 Å². The van der Waals surface area contributed by atoms with Crippen LogP contribution in [0.15, 0.2) is 47.2 Å². The van der Waals surface area contributed by atoms with Crippen LogP contribution in [-0.4, -0.2) is 23.5 Å². The molecule has 0 spiro atoms. The van der Waals surface area contributed by atoms with Crippen LogP contribution in [0.2, 0.25) is 0 Å². The second kappa shape index (κ2) is 6.96. The predicted octanol–water partition coefficient (Wildman–Crippen LogP) is 3.29. The Kier molecular flexibility index (Phi) is 4.76. The lowest BCUT2D eigenvalue weighted by Crippen LogP contribution is -2.33. The molecule has 23 heavy (non-hydrogen) atoms. The fourth-order valence-electron chi connectivity index (χ4n) is 2.61. The van der Waals surface area contributed by atoms with Crippen molar-refractivity contribution < 1.29 is 9.53 Å². The number of benzene rings is 1. The van der Waals surface area contributed by atoms with Gasteiger partial charge in [0.1, 0.15) is 11.9 Å². The third-order valence-electron chi connectivity index (χ3n) is 3.66. The van der Waals surface area contributed by atoms with E-state index in [4.69, 9.17) is 4.74 Å². The number of fused-ring (bicyclic) bond motifs is 1. The first kappa shape index (κ1) is 15.7. The number of carbonyl (C=O) groups excluding carboxylic acids is 1. The molecular formula is C18H17BrN2O2. The molecule has 5 heteroatoms. The molecule has 1 aromatic carbocycles. The van der Waals surface area contributed by atoms with Gasteiger partial charge in [-0.1, -0.05) is 22.0 Å². The summed E-state index contributed by atoms with van der Waals surface area (Å²) in [6, 6.07) is 7.85. The average Bonchev–Trinajstić information content (AvgIpc) is 2.95. The largest absolute Gasteiger partial charge is 0.488 e. The van der Waals surface area contributed by atoms with Gasteiger partial charge in [-0.15, -0.1) is 0 Å². The minimum atomic E-state index is -0.133. The Balaban J connectivity index is 1.53. The summed E-state index contributed by atoms with van der Waals surface area (Å²) in [7, 11) is 0. The van der Waals surface area contributed by atoms with Gasteiger partial charge in [0.05, 0.1) is 6.54 Å². The van der Waals surface area contributed by atoms with E-state index in [0.29, 0.717) is 6.54 Å². The molecule has 118 valence electrons. The molecule has 3 rings (SSSR count). The zero-order valence-corrected chi connectivity index (χ0v) is 14.3. The minimum Gasteiger partial charge on any atom is -0.488 e. The lowest BCUT2D eigenvalue weighted by Gasteiger charge is -2.11. The van der Waals surface area contributed by atoms with Crippen molar-refractivity contribution in [2.24, 2.45) is 0 Å². The van der Waals surface area contributed by atoms with E-state index in [2.05, 4.69) is 32.3 Å². The van der Waals surface area contributed by atoms with E-state index >= 15 is 0 Å². The molecule has 1 aromatic heterocycles. The molecule has 1 aliphatic heterocycles. The van der Waals surface area contributed by atoms with Gasteiger partial charge in [-0.25, -0.2) is 0 Å². The molecule has 0 bridgehead atoms. The molecule has 1 unspecified atom stereocenters. The van der Waals surface area contributed by atoms with Gasteiger partial charge in [-0.3, -0.25) is 9.78 Å². The number of nitrogens with zero attached hydrogens (tertiary/aromatic N) is 1. The van der Waals surface area contributed by atoms with Crippen molar-refractivity contribution in [1.82, 2.24) is 10.3 Å². The number of hydrogen-bond donors (Lipinski definition) is 1. The number of rotatable bonds is 4. The van der Waals surface area contributed by atoms with Crippen LogP contribution in [0.4, 0.5) is 0 Å². The van der Waals surface area contributed by atoms with Gasteiger partial charge in [0.25, 0.3) is 0 Å². The normalized spacial score (nSPS) is 16.2. The van der Waals surface area contributed by atoms with Crippen molar-refractivity contribution in [2.75, 3.05) is 6.54 Å². The summed E-state index contributed by atoms with van der Waals surface area (Å²) in [5.74, 6) is 0.810. The van der Waals surface area contributed by atoms with E-state index in [1.54, 1.807) is 18.5 Å². The Morgan fingerprint density at radius 1 is 1.52 bits per heavy atom. The van der Waals surface area contributed by atoms with Crippen molar-refractivity contribution >= 4 is 27.9 Å². The van der Waals surface area contributed by atoms with Crippen LogP contribution in [-0.2, 0) is 11.2 Å². The van der Waals surface area contributed by atoms with E-state index in [0.717, 1.165) is 27.8 Å². The van der Waals surface area contributed by atoms with Crippen molar-refractivity contribution in [3.05, 3.63) is 63.9 Å². The van der Waals surface area contributed by atoms with E-state index < -0.39 is 0 Å². The molecule has 2 aromatic rings. The Morgan fingerprint density at radius 3 is 3.17 bits per heavy atom. The van der Waals surface area contributed by atoms with Crippen LogP contribution in [0, 0.1) is 6.92 Å². The maximum Gasteiger partial charge on any atom is 0.244 e. The third kappa shape index (κ3) is 3.99. The van der Waals surface area contributed by atoms with Gasteiger partial charge in [0, 0.05) is 29.4 Å². The number of aryl methyl sites for hydroxylation is 1. The average molecular weight is 373 g/mol. The van der Waals surface area contributed by atoms with Gasteiger partial charge in [0.2, 0.25) is 5.91 Å². The lowest BCUT2D eigenvalue weighted by molar-refractivity contribution is -0.116. The highest BCUT2D eigenvalue weighted by Crippen LogP contribution is 2.34. The van der Waals surface area contributed by atoms with Crippen LogP contribution in [0.25, 0.3) is 6.08 Å². The quantitative estimate of drug-likeness (QED) is 0.837. The van der Waals surface area contributed by atoms with Crippen LogP contribution < -0.4 is 10.1 Å². The van der Waals surface area contributed by atoms with Crippen molar-refractivity contribution in [3.8, 4) is 5.75 Å². The Morgan fingerprint density at radius 2 is 2.39 bits per heavy atom. The third-order valence-corrected chi connectivity index (χ3v) is 4.12. The number of hydrogen-bond acceptors (Lipinski definition) is 3. The first-order chi connectivity index (χ1) is 11.1. The number of nitrogens with one attached hydrogen (secondary N) is 1. The predicted molar refractivity (Wildman–Crippen MR) is 93.3 cm³/mol. The molecular weight excluding hydrogens is 356 g/mol.